The second-order valence-electron chi connectivity index (χ2n) is 4.04. The average Bonchev–Trinajstić information content (AvgIpc) is 2.39. The van der Waals surface area contributed by atoms with Crippen molar-refractivity contribution in [2.24, 2.45) is 0 Å². The van der Waals surface area contributed by atoms with Gasteiger partial charge in [0.2, 0.25) is 0 Å². The zero-order valence-electron chi connectivity index (χ0n) is 11.8. The van der Waals surface area contributed by atoms with E-state index in [2.05, 4.69) is 19.6 Å². The molecule has 1 aromatic carbocycles. The molecular formula is C16H20O4. The fraction of sp³-hybridized carbons (Fsp3) is 0.250. The molecule has 1 rings (SSSR count). The monoisotopic (exact) mass is 276 g/mol. The minimum absolute atomic E-state index is 0.0277. The molecule has 0 saturated heterocycles. The number of allylic oxidation sites excluding steroid dienone is 3. The van der Waals surface area contributed by atoms with Gasteiger partial charge in [0.1, 0.15) is 0 Å². The van der Waals surface area contributed by atoms with Crippen molar-refractivity contribution in [2.75, 3.05) is 0 Å². The number of carbonyl (C=O) groups is 2. The van der Waals surface area contributed by atoms with Crippen LogP contribution in [-0.4, -0.2) is 22.2 Å². The lowest BCUT2D eigenvalue weighted by molar-refractivity contribution is 0.0696. The molecule has 0 saturated carbocycles. The summed E-state index contributed by atoms with van der Waals surface area (Å²) in [6.45, 7) is 7.18. The predicted molar refractivity (Wildman–Crippen MR) is 79.3 cm³/mol. The van der Waals surface area contributed by atoms with E-state index in [1.807, 2.05) is 6.08 Å². The van der Waals surface area contributed by atoms with Crippen LogP contribution in [0.2, 0.25) is 0 Å². The topological polar surface area (TPSA) is 74.6 Å². The molecule has 0 amide bonds. The second kappa shape index (κ2) is 9.55. The Kier molecular flexibility index (Phi) is 8.43. The highest BCUT2D eigenvalue weighted by molar-refractivity contribution is 5.96. The van der Waals surface area contributed by atoms with Gasteiger partial charge < -0.3 is 10.2 Å². The van der Waals surface area contributed by atoms with Crippen LogP contribution >= 0.6 is 0 Å². The number of hydrogen-bond donors (Lipinski definition) is 2. The van der Waals surface area contributed by atoms with Crippen LogP contribution in [0.4, 0.5) is 0 Å². The third-order valence-corrected chi connectivity index (χ3v) is 2.52. The fourth-order valence-electron chi connectivity index (χ4n) is 1.46. The van der Waals surface area contributed by atoms with Crippen molar-refractivity contribution in [3.8, 4) is 0 Å². The lowest BCUT2D eigenvalue weighted by Gasteiger charge is -2.03. The Morgan fingerprint density at radius 2 is 1.70 bits per heavy atom. The van der Waals surface area contributed by atoms with Gasteiger partial charge in [-0.05, 0) is 31.0 Å². The molecule has 0 radical (unpaired) electrons. The molecule has 0 atom stereocenters. The van der Waals surface area contributed by atoms with Gasteiger partial charge in [-0.15, -0.1) is 0 Å². The summed E-state index contributed by atoms with van der Waals surface area (Å²) in [5.74, 6) is -2.22. The molecule has 4 heteroatoms. The van der Waals surface area contributed by atoms with Gasteiger partial charge in [0.25, 0.3) is 0 Å². The molecular weight excluding hydrogens is 256 g/mol. The van der Waals surface area contributed by atoms with Gasteiger partial charge in [0.05, 0.1) is 11.1 Å². The summed E-state index contributed by atoms with van der Waals surface area (Å²) in [6.07, 6.45) is 8.29. The van der Waals surface area contributed by atoms with E-state index in [4.69, 9.17) is 10.2 Å². The Bertz CT molecular complexity index is 469. The Hall–Kier alpha value is -2.36. The SMILES string of the molecule is C=CC=CCCC.Cc1c(C(=O)O)cccc1C(=O)O. The minimum atomic E-state index is -1.11. The zero-order valence-corrected chi connectivity index (χ0v) is 11.8. The van der Waals surface area contributed by atoms with E-state index in [0.717, 1.165) is 0 Å². The molecule has 4 nitrogen and oxygen atoms in total. The summed E-state index contributed by atoms with van der Waals surface area (Å²) in [6, 6.07) is 4.17. The van der Waals surface area contributed by atoms with E-state index in [1.54, 1.807) is 6.08 Å². The Morgan fingerprint density at radius 1 is 1.20 bits per heavy atom. The molecule has 0 fully saturated rings. The number of carboxylic acid groups (broad SMARTS) is 2. The highest BCUT2D eigenvalue weighted by Gasteiger charge is 2.13. The van der Waals surface area contributed by atoms with E-state index < -0.39 is 11.9 Å². The molecule has 0 aromatic heterocycles. The summed E-state index contributed by atoms with van der Waals surface area (Å²) in [4.78, 5) is 21.2. The van der Waals surface area contributed by atoms with Gasteiger partial charge in [0, 0.05) is 0 Å². The zero-order chi connectivity index (χ0) is 15.5. The molecule has 2 N–H and O–H groups in total. The molecule has 0 unspecified atom stereocenters. The van der Waals surface area contributed by atoms with Crippen LogP contribution < -0.4 is 0 Å². The van der Waals surface area contributed by atoms with Gasteiger partial charge in [-0.3, -0.25) is 0 Å². The summed E-state index contributed by atoms with van der Waals surface area (Å²) in [7, 11) is 0. The predicted octanol–water partition coefficient (Wildman–Crippen LogP) is 3.92. The van der Waals surface area contributed by atoms with Gasteiger partial charge in [-0.25, -0.2) is 9.59 Å². The first-order valence-corrected chi connectivity index (χ1v) is 6.29. The van der Waals surface area contributed by atoms with Crippen LogP contribution in [0.1, 0.15) is 46.0 Å². The van der Waals surface area contributed by atoms with Crippen LogP contribution in [0.25, 0.3) is 0 Å². The number of benzene rings is 1. The maximum Gasteiger partial charge on any atom is 0.335 e. The highest BCUT2D eigenvalue weighted by Crippen LogP contribution is 2.13. The van der Waals surface area contributed by atoms with Gasteiger partial charge >= 0.3 is 11.9 Å². The number of unbranched alkanes of at least 4 members (excludes halogenated alkanes) is 1. The molecule has 1 aromatic rings. The van der Waals surface area contributed by atoms with Gasteiger partial charge in [-0.1, -0.05) is 44.2 Å². The maximum absolute atomic E-state index is 10.6. The largest absolute Gasteiger partial charge is 0.478 e. The van der Waals surface area contributed by atoms with Crippen molar-refractivity contribution < 1.29 is 19.8 Å². The Balaban J connectivity index is 0.000000441. The minimum Gasteiger partial charge on any atom is -0.478 e. The van der Waals surface area contributed by atoms with Crippen LogP contribution in [0.15, 0.2) is 43.0 Å². The summed E-state index contributed by atoms with van der Waals surface area (Å²) >= 11 is 0. The van der Waals surface area contributed by atoms with E-state index in [-0.39, 0.29) is 16.7 Å². The molecule has 108 valence electrons. The lowest BCUT2D eigenvalue weighted by atomic mass is 10.0. The van der Waals surface area contributed by atoms with Crippen molar-refractivity contribution in [3.05, 3.63) is 59.7 Å². The number of aromatic carboxylic acids is 2. The van der Waals surface area contributed by atoms with Crippen molar-refractivity contribution in [1.29, 1.82) is 0 Å². The maximum atomic E-state index is 10.6. The second-order valence-corrected chi connectivity index (χ2v) is 4.04. The van der Waals surface area contributed by atoms with Gasteiger partial charge in [-0.2, -0.15) is 0 Å². The molecule has 20 heavy (non-hydrogen) atoms. The summed E-state index contributed by atoms with van der Waals surface area (Å²) in [5.41, 5.74) is 0.335. The van der Waals surface area contributed by atoms with Gasteiger partial charge in [0.15, 0.2) is 0 Å². The molecule has 0 heterocycles. The van der Waals surface area contributed by atoms with E-state index in [1.165, 1.54) is 38.0 Å². The third kappa shape index (κ3) is 6.00. The number of hydrogen-bond acceptors (Lipinski definition) is 2. The molecule has 0 aliphatic heterocycles. The van der Waals surface area contributed by atoms with E-state index in [9.17, 15) is 9.59 Å². The average molecular weight is 276 g/mol. The van der Waals surface area contributed by atoms with E-state index >= 15 is 0 Å². The highest BCUT2D eigenvalue weighted by atomic mass is 16.4. The molecule has 0 aliphatic rings. The first kappa shape index (κ1) is 17.6. The Labute approximate surface area is 119 Å². The normalized spacial score (nSPS) is 9.70. The Morgan fingerprint density at radius 3 is 2.05 bits per heavy atom. The number of carboxylic acids is 2. The smallest absolute Gasteiger partial charge is 0.335 e. The first-order valence-electron chi connectivity index (χ1n) is 6.29. The molecule has 0 aliphatic carbocycles. The lowest BCUT2D eigenvalue weighted by Crippen LogP contribution is -2.06. The summed E-state index contributed by atoms with van der Waals surface area (Å²) in [5, 5.41) is 17.4. The number of rotatable bonds is 5. The van der Waals surface area contributed by atoms with Crippen molar-refractivity contribution in [1.82, 2.24) is 0 Å². The van der Waals surface area contributed by atoms with Crippen LogP contribution in [0.5, 0.6) is 0 Å². The van der Waals surface area contributed by atoms with Crippen molar-refractivity contribution in [3.63, 3.8) is 0 Å². The quantitative estimate of drug-likeness (QED) is 0.799. The van der Waals surface area contributed by atoms with Crippen LogP contribution in [-0.2, 0) is 0 Å². The fourth-order valence-corrected chi connectivity index (χ4v) is 1.46. The molecule has 0 bridgehead atoms. The summed E-state index contributed by atoms with van der Waals surface area (Å²) < 4.78 is 0. The first-order chi connectivity index (χ1) is 9.45. The van der Waals surface area contributed by atoms with Crippen molar-refractivity contribution >= 4 is 11.9 Å². The van der Waals surface area contributed by atoms with Crippen LogP contribution in [0, 0.1) is 6.92 Å². The van der Waals surface area contributed by atoms with Crippen LogP contribution in [0.3, 0.4) is 0 Å². The molecule has 0 spiro atoms. The third-order valence-electron chi connectivity index (χ3n) is 2.52. The van der Waals surface area contributed by atoms with Crippen molar-refractivity contribution in [2.45, 2.75) is 26.7 Å². The van der Waals surface area contributed by atoms with E-state index in [0.29, 0.717) is 0 Å². The standard InChI is InChI=1S/C9H8O4.C7H12/c1-5-6(8(10)11)3-2-4-7(5)9(12)13;1-3-5-7-6-4-2/h2-4H,1H3,(H,10,11)(H,12,13);3,5,7H,1,4,6H2,2H3.